The van der Waals surface area contributed by atoms with Crippen molar-refractivity contribution in [3.8, 4) is 0 Å². The Bertz CT molecular complexity index is 1190. The van der Waals surface area contributed by atoms with Crippen molar-refractivity contribution in [3.63, 3.8) is 0 Å². The average Bonchev–Trinajstić information content (AvgIpc) is 2.79. The maximum atomic E-state index is 13.0. The normalized spacial score (nSPS) is 12.1. The first kappa shape index (κ1) is 22.2. The van der Waals surface area contributed by atoms with Crippen LogP contribution in [0.15, 0.2) is 83.8 Å². The highest BCUT2D eigenvalue weighted by molar-refractivity contribution is 7.92. The minimum atomic E-state index is -3.88. The summed E-state index contributed by atoms with van der Waals surface area (Å²) in [5, 5.41) is 0. The van der Waals surface area contributed by atoms with Crippen LogP contribution in [0, 0.1) is 6.92 Å². The van der Waals surface area contributed by atoms with Crippen LogP contribution in [0.4, 0.5) is 5.69 Å². The molecule has 6 nitrogen and oxygen atoms in total. The molecule has 3 aromatic carbocycles. The van der Waals surface area contributed by atoms with Gasteiger partial charge in [0.05, 0.1) is 16.1 Å². The molecule has 0 unspecified atom stereocenters. The van der Waals surface area contributed by atoms with E-state index in [1.165, 1.54) is 38.2 Å². The number of ketones is 1. The van der Waals surface area contributed by atoms with Crippen molar-refractivity contribution in [2.45, 2.75) is 24.8 Å². The van der Waals surface area contributed by atoms with Gasteiger partial charge in [-0.1, -0.05) is 54.1 Å². The fraction of sp³-hybridized carbons (Fsp3) is 0.167. The van der Waals surface area contributed by atoms with Gasteiger partial charge >= 0.3 is 5.97 Å². The highest BCUT2D eigenvalue weighted by atomic mass is 32.2. The monoisotopic (exact) mass is 437 g/mol. The largest absolute Gasteiger partial charge is 0.451 e. The van der Waals surface area contributed by atoms with Gasteiger partial charge < -0.3 is 4.74 Å². The van der Waals surface area contributed by atoms with Crippen LogP contribution in [0.1, 0.15) is 33.2 Å². The third-order valence-electron chi connectivity index (χ3n) is 4.84. The smallest absolute Gasteiger partial charge is 0.338 e. The van der Waals surface area contributed by atoms with Gasteiger partial charge in [0.15, 0.2) is 6.10 Å². The molecule has 0 spiro atoms. The second kappa shape index (κ2) is 9.14. The van der Waals surface area contributed by atoms with Crippen LogP contribution in [-0.2, 0) is 14.8 Å². The predicted octanol–water partition coefficient (Wildman–Crippen LogP) is 4.25. The number of hydrogen-bond donors (Lipinski definition) is 0. The van der Waals surface area contributed by atoms with E-state index in [0.717, 1.165) is 9.87 Å². The van der Waals surface area contributed by atoms with E-state index in [0.29, 0.717) is 11.3 Å². The maximum Gasteiger partial charge on any atom is 0.338 e. The molecule has 31 heavy (non-hydrogen) atoms. The van der Waals surface area contributed by atoms with E-state index < -0.39 is 22.1 Å². The number of aryl methyl sites for hydroxylation is 1. The Labute approximate surface area is 182 Å². The Morgan fingerprint density at radius 2 is 1.52 bits per heavy atom. The van der Waals surface area contributed by atoms with Crippen LogP contribution in [0.3, 0.4) is 0 Å². The summed E-state index contributed by atoms with van der Waals surface area (Å²) in [7, 11) is -2.44. The van der Waals surface area contributed by atoms with Crippen LogP contribution >= 0.6 is 0 Å². The van der Waals surface area contributed by atoms with Crippen LogP contribution in [0.25, 0.3) is 0 Å². The minimum Gasteiger partial charge on any atom is -0.451 e. The van der Waals surface area contributed by atoms with E-state index in [9.17, 15) is 18.0 Å². The van der Waals surface area contributed by atoms with Crippen LogP contribution < -0.4 is 4.31 Å². The second-order valence-corrected chi connectivity index (χ2v) is 9.08. The Morgan fingerprint density at radius 3 is 2.16 bits per heavy atom. The van der Waals surface area contributed by atoms with Crippen LogP contribution in [0.2, 0.25) is 0 Å². The standard InChI is InChI=1S/C24H23NO5S/c1-17-12-14-19(15-13-17)23(26)18(2)30-24(27)20-8-7-11-22(16-20)31(28,29)25(3)21-9-5-4-6-10-21/h4-16,18H,1-3H3/t18-/m0/s1. The molecule has 0 saturated carbocycles. The third kappa shape index (κ3) is 5.00. The van der Waals surface area contributed by atoms with Crippen molar-refractivity contribution in [1.82, 2.24) is 0 Å². The molecule has 160 valence electrons. The first-order chi connectivity index (χ1) is 14.7. The number of rotatable bonds is 7. The Hall–Kier alpha value is -3.45. The molecule has 0 saturated heterocycles. The van der Waals surface area contributed by atoms with E-state index in [1.54, 1.807) is 54.6 Å². The molecule has 0 bridgehead atoms. The minimum absolute atomic E-state index is 0.0473. The van der Waals surface area contributed by atoms with Gasteiger partial charge in [0, 0.05) is 12.6 Å². The number of esters is 1. The number of carbonyl (C=O) groups excluding carboxylic acids is 2. The van der Waals surface area contributed by atoms with Crippen LogP contribution in [-0.4, -0.2) is 33.3 Å². The van der Waals surface area contributed by atoms with Gasteiger partial charge in [0.2, 0.25) is 5.78 Å². The number of Topliss-reactive ketones (excluding diaryl/α,β-unsaturated/α-hetero) is 1. The number of hydrogen-bond acceptors (Lipinski definition) is 5. The van der Waals surface area contributed by atoms with E-state index in [-0.39, 0.29) is 16.2 Å². The van der Waals surface area contributed by atoms with Crippen molar-refractivity contribution in [2.75, 3.05) is 11.4 Å². The molecule has 3 rings (SSSR count). The highest BCUT2D eigenvalue weighted by Crippen LogP contribution is 2.23. The Balaban J connectivity index is 1.78. The zero-order valence-corrected chi connectivity index (χ0v) is 18.3. The van der Waals surface area contributed by atoms with Gasteiger partial charge in [-0.15, -0.1) is 0 Å². The third-order valence-corrected chi connectivity index (χ3v) is 6.62. The van der Waals surface area contributed by atoms with Gasteiger partial charge in [0.1, 0.15) is 0 Å². The molecular weight excluding hydrogens is 414 g/mol. The van der Waals surface area contributed by atoms with Crippen molar-refractivity contribution in [3.05, 3.63) is 95.6 Å². The summed E-state index contributed by atoms with van der Waals surface area (Å²) in [5.41, 5.74) is 1.99. The van der Waals surface area contributed by atoms with Crippen molar-refractivity contribution in [2.24, 2.45) is 0 Å². The predicted molar refractivity (Wildman–Crippen MR) is 119 cm³/mol. The maximum absolute atomic E-state index is 13.0. The van der Waals surface area contributed by atoms with Gasteiger partial charge in [-0.05, 0) is 44.2 Å². The molecule has 0 heterocycles. The molecule has 1 atom stereocenters. The van der Waals surface area contributed by atoms with Gasteiger partial charge in [-0.3, -0.25) is 9.10 Å². The lowest BCUT2D eigenvalue weighted by molar-refractivity contribution is 0.0318. The van der Waals surface area contributed by atoms with E-state index in [2.05, 4.69) is 0 Å². The first-order valence-corrected chi connectivity index (χ1v) is 11.1. The first-order valence-electron chi connectivity index (χ1n) is 9.66. The lowest BCUT2D eigenvalue weighted by Gasteiger charge is -2.20. The topological polar surface area (TPSA) is 80.8 Å². The summed E-state index contributed by atoms with van der Waals surface area (Å²) in [5.74, 6) is -1.10. The molecule has 0 aliphatic carbocycles. The number of ether oxygens (including phenoxy) is 1. The molecule has 3 aromatic rings. The number of anilines is 1. The van der Waals surface area contributed by atoms with Crippen molar-refractivity contribution in [1.29, 1.82) is 0 Å². The Morgan fingerprint density at radius 1 is 0.871 bits per heavy atom. The number of benzene rings is 3. The van der Waals surface area contributed by atoms with Crippen molar-refractivity contribution < 1.29 is 22.7 Å². The van der Waals surface area contributed by atoms with Crippen LogP contribution in [0.5, 0.6) is 0 Å². The summed E-state index contributed by atoms with van der Waals surface area (Å²) >= 11 is 0. The van der Waals surface area contributed by atoms with Crippen molar-refractivity contribution >= 4 is 27.5 Å². The zero-order chi connectivity index (χ0) is 22.6. The summed E-state index contributed by atoms with van der Waals surface area (Å²) < 4.78 is 32.4. The molecule has 0 aliphatic heterocycles. The lowest BCUT2D eigenvalue weighted by atomic mass is 10.1. The SMILES string of the molecule is Cc1ccc(C(=O)[C@H](C)OC(=O)c2cccc(S(=O)(=O)N(C)c3ccccc3)c2)cc1. The lowest BCUT2D eigenvalue weighted by Crippen LogP contribution is -2.27. The number of para-hydroxylation sites is 1. The summed E-state index contributed by atoms with van der Waals surface area (Å²) in [6.45, 7) is 3.40. The second-order valence-electron chi connectivity index (χ2n) is 7.11. The molecule has 0 N–H and O–H groups in total. The summed E-state index contributed by atoms with van der Waals surface area (Å²) in [4.78, 5) is 25.0. The quantitative estimate of drug-likeness (QED) is 0.408. The van der Waals surface area contributed by atoms with E-state index in [1.807, 2.05) is 6.92 Å². The molecule has 0 radical (unpaired) electrons. The zero-order valence-electron chi connectivity index (χ0n) is 17.5. The number of sulfonamides is 1. The fourth-order valence-electron chi connectivity index (χ4n) is 2.95. The molecule has 0 aliphatic rings. The molecular formula is C24H23NO5S. The van der Waals surface area contributed by atoms with Gasteiger partial charge in [-0.25, -0.2) is 13.2 Å². The summed E-state index contributed by atoms with van der Waals surface area (Å²) in [6, 6.07) is 21.2. The van der Waals surface area contributed by atoms with E-state index in [4.69, 9.17) is 4.74 Å². The number of carbonyl (C=O) groups is 2. The van der Waals surface area contributed by atoms with E-state index >= 15 is 0 Å². The molecule has 0 amide bonds. The Kier molecular flexibility index (Phi) is 6.56. The fourth-order valence-corrected chi connectivity index (χ4v) is 4.19. The van der Waals surface area contributed by atoms with Gasteiger partial charge in [0.25, 0.3) is 10.0 Å². The molecule has 0 aromatic heterocycles. The molecule has 7 heteroatoms. The summed E-state index contributed by atoms with van der Waals surface area (Å²) in [6.07, 6.45) is -1.01. The average molecular weight is 438 g/mol. The molecule has 0 fully saturated rings. The van der Waals surface area contributed by atoms with Gasteiger partial charge in [-0.2, -0.15) is 0 Å². The number of nitrogens with zero attached hydrogens (tertiary/aromatic N) is 1. The highest BCUT2D eigenvalue weighted by Gasteiger charge is 2.24.